The first-order valence-corrected chi connectivity index (χ1v) is 7.03. The molecule has 0 heterocycles. The average molecular weight is 316 g/mol. The van der Waals surface area contributed by atoms with E-state index in [4.69, 9.17) is 4.74 Å². The van der Waals surface area contributed by atoms with Gasteiger partial charge in [0.2, 0.25) is 0 Å². The van der Waals surface area contributed by atoms with Crippen LogP contribution in [0.15, 0.2) is 22.7 Å². The number of hydrogen-bond donors (Lipinski definition) is 2. The maximum absolute atomic E-state index is 10.4. The van der Waals surface area contributed by atoms with E-state index in [-0.39, 0.29) is 0 Å². The Kier molecular flexibility index (Phi) is 6.12. The molecular weight excluding hydrogens is 294 g/mol. The van der Waals surface area contributed by atoms with Crippen LogP contribution in [0.4, 0.5) is 0 Å². The van der Waals surface area contributed by atoms with Gasteiger partial charge in [0.1, 0.15) is 5.75 Å². The topological polar surface area (TPSA) is 41.5 Å². The number of hydrogen-bond acceptors (Lipinski definition) is 3. The number of benzene rings is 1. The van der Waals surface area contributed by atoms with Crippen LogP contribution in [0.25, 0.3) is 0 Å². The zero-order valence-corrected chi connectivity index (χ0v) is 12.9. The van der Waals surface area contributed by atoms with Gasteiger partial charge in [0, 0.05) is 17.4 Å². The third-order valence-corrected chi connectivity index (χ3v) is 3.24. The third-order valence-electron chi connectivity index (χ3n) is 2.75. The van der Waals surface area contributed by atoms with Crippen molar-refractivity contribution in [2.24, 2.45) is 0 Å². The van der Waals surface area contributed by atoms with Gasteiger partial charge >= 0.3 is 0 Å². The quantitative estimate of drug-likeness (QED) is 0.760. The van der Waals surface area contributed by atoms with E-state index >= 15 is 0 Å². The predicted octanol–water partition coefficient (Wildman–Crippen LogP) is 2.75. The van der Waals surface area contributed by atoms with Gasteiger partial charge in [-0.15, -0.1) is 0 Å². The molecule has 18 heavy (non-hydrogen) atoms. The first-order chi connectivity index (χ1) is 8.48. The molecule has 1 aromatic rings. The maximum Gasteiger partial charge on any atom is 0.122 e. The summed E-state index contributed by atoms with van der Waals surface area (Å²) in [6, 6.07) is 5.84. The molecule has 0 fully saturated rings. The van der Waals surface area contributed by atoms with E-state index in [0.717, 1.165) is 28.8 Å². The van der Waals surface area contributed by atoms with Gasteiger partial charge in [0.15, 0.2) is 0 Å². The smallest absolute Gasteiger partial charge is 0.122 e. The monoisotopic (exact) mass is 315 g/mol. The van der Waals surface area contributed by atoms with E-state index in [0.29, 0.717) is 13.0 Å². The summed E-state index contributed by atoms with van der Waals surface area (Å²) in [5.74, 6) is 0.814. The minimum absolute atomic E-state index is 0.562. The Balaban J connectivity index is 2.72. The van der Waals surface area contributed by atoms with Gasteiger partial charge in [-0.25, -0.2) is 0 Å². The van der Waals surface area contributed by atoms with Crippen molar-refractivity contribution in [1.82, 2.24) is 5.32 Å². The van der Waals surface area contributed by atoms with Crippen molar-refractivity contribution in [3.05, 3.63) is 28.2 Å². The number of ether oxygens (including phenoxy) is 1. The molecule has 0 aliphatic rings. The van der Waals surface area contributed by atoms with Gasteiger partial charge < -0.3 is 15.2 Å². The average Bonchev–Trinajstić information content (AvgIpc) is 2.29. The van der Waals surface area contributed by atoms with E-state index in [1.807, 2.05) is 25.1 Å². The van der Waals surface area contributed by atoms with Crippen molar-refractivity contribution in [3.63, 3.8) is 0 Å². The Hall–Kier alpha value is -0.580. The van der Waals surface area contributed by atoms with E-state index in [1.165, 1.54) is 0 Å². The van der Waals surface area contributed by atoms with E-state index < -0.39 is 5.60 Å². The molecule has 1 atom stereocenters. The van der Waals surface area contributed by atoms with Crippen molar-refractivity contribution >= 4 is 15.9 Å². The largest absolute Gasteiger partial charge is 0.496 e. The fraction of sp³-hybridized carbons (Fsp3) is 0.571. The second-order valence-corrected chi connectivity index (χ2v) is 5.72. The second kappa shape index (κ2) is 7.12. The molecule has 0 saturated heterocycles. The summed E-state index contributed by atoms with van der Waals surface area (Å²) in [5.41, 5.74) is 0.235. The standard InChI is InChI=1S/C14H22BrNO2/c1-4-7-16-10-14(2,17)9-11-8-12(15)5-6-13(11)18-3/h5-6,8,16-17H,4,7,9-10H2,1-3H3. The normalized spacial score (nSPS) is 14.3. The van der Waals surface area contributed by atoms with Crippen LogP contribution in [0, 0.1) is 0 Å². The fourth-order valence-corrected chi connectivity index (χ4v) is 2.30. The lowest BCUT2D eigenvalue weighted by atomic mass is 9.96. The van der Waals surface area contributed by atoms with Crippen LogP contribution in [0.2, 0.25) is 0 Å². The van der Waals surface area contributed by atoms with Crippen LogP contribution in [0.5, 0.6) is 5.75 Å². The fourth-order valence-electron chi connectivity index (χ4n) is 1.89. The second-order valence-electron chi connectivity index (χ2n) is 4.81. The molecule has 0 radical (unpaired) electrons. The van der Waals surface area contributed by atoms with E-state index in [9.17, 15) is 5.11 Å². The molecule has 0 bridgehead atoms. The first-order valence-electron chi connectivity index (χ1n) is 6.24. The van der Waals surface area contributed by atoms with Crippen LogP contribution in [-0.2, 0) is 6.42 Å². The minimum atomic E-state index is -0.775. The van der Waals surface area contributed by atoms with Crippen LogP contribution >= 0.6 is 15.9 Å². The maximum atomic E-state index is 10.4. The van der Waals surface area contributed by atoms with Gasteiger partial charge in [-0.2, -0.15) is 0 Å². The number of rotatable bonds is 7. The summed E-state index contributed by atoms with van der Waals surface area (Å²) in [6.45, 7) is 5.46. The Morgan fingerprint density at radius 3 is 2.78 bits per heavy atom. The summed E-state index contributed by atoms with van der Waals surface area (Å²) in [4.78, 5) is 0. The molecule has 102 valence electrons. The molecule has 0 aliphatic heterocycles. The first kappa shape index (κ1) is 15.5. The molecule has 0 aromatic heterocycles. The van der Waals surface area contributed by atoms with Crippen LogP contribution < -0.4 is 10.1 Å². The lowest BCUT2D eigenvalue weighted by Gasteiger charge is -2.25. The molecule has 1 rings (SSSR count). The summed E-state index contributed by atoms with van der Waals surface area (Å²) in [6.07, 6.45) is 1.63. The molecule has 2 N–H and O–H groups in total. The summed E-state index contributed by atoms with van der Waals surface area (Å²) < 4.78 is 6.32. The summed E-state index contributed by atoms with van der Waals surface area (Å²) >= 11 is 3.44. The molecule has 0 aliphatic carbocycles. The molecule has 1 unspecified atom stereocenters. The van der Waals surface area contributed by atoms with E-state index in [1.54, 1.807) is 7.11 Å². The molecule has 0 amide bonds. The lowest BCUT2D eigenvalue weighted by molar-refractivity contribution is 0.0597. The number of halogens is 1. The number of nitrogens with one attached hydrogen (secondary N) is 1. The molecule has 1 aromatic carbocycles. The third kappa shape index (κ3) is 4.96. The van der Waals surface area contributed by atoms with Crippen molar-refractivity contribution in [3.8, 4) is 5.75 Å². The van der Waals surface area contributed by atoms with Gasteiger partial charge in [-0.1, -0.05) is 22.9 Å². The highest BCUT2D eigenvalue weighted by Gasteiger charge is 2.22. The van der Waals surface area contributed by atoms with Crippen LogP contribution in [0.3, 0.4) is 0 Å². The van der Waals surface area contributed by atoms with Gasteiger partial charge in [-0.3, -0.25) is 0 Å². The molecule has 3 nitrogen and oxygen atoms in total. The number of methoxy groups -OCH3 is 1. The van der Waals surface area contributed by atoms with Crippen molar-refractivity contribution in [2.45, 2.75) is 32.3 Å². The molecule has 0 saturated carbocycles. The Bertz CT molecular complexity index is 380. The zero-order valence-electron chi connectivity index (χ0n) is 11.3. The highest BCUT2D eigenvalue weighted by atomic mass is 79.9. The Morgan fingerprint density at radius 2 is 2.17 bits per heavy atom. The van der Waals surface area contributed by atoms with Crippen LogP contribution in [0.1, 0.15) is 25.8 Å². The van der Waals surface area contributed by atoms with Crippen molar-refractivity contribution in [1.29, 1.82) is 0 Å². The van der Waals surface area contributed by atoms with Gasteiger partial charge in [0.05, 0.1) is 12.7 Å². The molecule has 4 heteroatoms. The predicted molar refractivity (Wildman–Crippen MR) is 78.2 cm³/mol. The van der Waals surface area contributed by atoms with Crippen molar-refractivity contribution < 1.29 is 9.84 Å². The van der Waals surface area contributed by atoms with Crippen molar-refractivity contribution in [2.75, 3.05) is 20.2 Å². The lowest BCUT2D eigenvalue weighted by Crippen LogP contribution is -2.40. The number of aliphatic hydroxyl groups is 1. The Labute approximate surface area is 118 Å². The molecular formula is C14H22BrNO2. The highest BCUT2D eigenvalue weighted by molar-refractivity contribution is 9.10. The summed E-state index contributed by atoms with van der Waals surface area (Å²) in [5, 5.41) is 13.6. The van der Waals surface area contributed by atoms with E-state index in [2.05, 4.69) is 28.2 Å². The summed E-state index contributed by atoms with van der Waals surface area (Å²) in [7, 11) is 1.65. The Morgan fingerprint density at radius 1 is 1.44 bits per heavy atom. The van der Waals surface area contributed by atoms with Gasteiger partial charge in [-0.05, 0) is 43.7 Å². The molecule has 0 spiro atoms. The minimum Gasteiger partial charge on any atom is -0.496 e. The van der Waals surface area contributed by atoms with Gasteiger partial charge in [0.25, 0.3) is 0 Å². The van der Waals surface area contributed by atoms with Crippen LogP contribution in [-0.4, -0.2) is 30.9 Å². The highest BCUT2D eigenvalue weighted by Crippen LogP contribution is 2.26. The zero-order chi connectivity index (χ0) is 13.6. The SMILES string of the molecule is CCCNCC(C)(O)Cc1cc(Br)ccc1OC.